The van der Waals surface area contributed by atoms with Gasteiger partial charge in [0.05, 0.1) is 19.9 Å². The molecule has 0 atom stereocenters. The van der Waals surface area contributed by atoms with E-state index in [0.717, 1.165) is 45.9 Å². The van der Waals surface area contributed by atoms with Gasteiger partial charge in [-0.05, 0) is 31.5 Å². The fourth-order valence-electron chi connectivity index (χ4n) is 3.38. The maximum atomic E-state index is 11.7. The minimum atomic E-state index is 0.220. The van der Waals surface area contributed by atoms with E-state index in [2.05, 4.69) is 15.6 Å². The molecule has 2 aromatic carbocycles. The predicted molar refractivity (Wildman–Crippen MR) is 108 cm³/mol. The molecule has 1 aliphatic carbocycles. The van der Waals surface area contributed by atoms with E-state index in [-0.39, 0.29) is 5.78 Å². The average Bonchev–Trinajstić information content (AvgIpc) is 3.31. The monoisotopic (exact) mass is 374 g/mol. The first kappa shape index (κ1) is 18.0. The number of rotatable bonds is 6. The van der Waals surface area contributed by atoms with E-state index in [4.69, 9.17) is 4.74 Å². The highest BCUT2D eigenvalue weighted by molar-refractivity contribution is 5.98. The van der Waals surface area contributed by atoms with Crippen molar-refractivity contribution in [3.63, 3.8) is 0 Å². The van der Waals surface area contributed by atoms with Gasteiger partial charge in [-0.1, -0.05) is 35.5 Å². The smallest absolute Gasteiger partial charge is 0.160 e. The van der Waals surface area contributed by atoms with E-state index in [9.17, 15) is 4.79 Å². The summed E-state index contributed by atoms with van der Waals surface area (Å²) in [5.41, 5.74) is 5.59. The van der Waals surface area contributed by atoms with Gasteiger partial charge in [0.1, 0.15) is 11.4 Å². The number of nitrogens with zero attached hydrogens (tertiary/aromatic N) is 3. The highest BCUT2D eigenvalue weighted by Crippen LogP contribution is 2.27. The summed E-state index contributed by atoms with van der Waals surface area (Å²) in [5.74, 6) is 1.05. The zero-order valence-corrected chi connectivity index (χ0v) is 16.0. The maximum Gasteiger partial charge on any atom is 0.160 e. The fraction of sp³-hybridized carbons (Fsp3) is 0.227. The molecule has 1 heterocycles. The number of aromatic nitrogens is 3. The fourth-order valence-corrected chi connectivity index (χ4v) is 3.38. The van der Waals surface area contributed by atoms with Crippen LogP contribution in [-0.2, 0) is 11.3 Å². The molecular formula is C22H22N4O2. The van der Waals surface area contributed by atoms with Crippen LogP contribution in [0.5, 0.6) is 5.75 Å². The minimum absolute atomic E-state index is 0.220. The largest absolute Gasteiger partial charge is 0.496 e. The standard InChI is InChI=1S/C22H22N4O2/c1-15-19(10-11-21(15)27)23-18-8-5-7-16(12-18)20-14-26(25-24-20)13-17-6-3-4-9-22(17)28-2/h3-9,12,14,23H,10-11,13H2,1-2H3. The molecule has 0 bridgehead atoms. The third-order valence-electron chi connectivity index (χ3n) is 4.99. The molecule has 0 fully saturated rings. The molecule has 1 N–H and O–H groups in total. The number of ether oxygens (including phenoxy) is 1. The molecule has 0 radical (unpaired) electrons. The molecule has 4 rings (SSSR count). The topological polar surface area (TPSA) is 69.0 Å². The summed E-state index contributed by atoms with van der Waals surface area (Å²) in [7, 11) is 1.67. The van der Waals surface area contributed by atoms with Crippen molar-refractivity contribution in [1.29, 1.82) is 0 Å². The Morgan fingerprint density at radius 1 is 1.14 bits per heavy atom. The van der Waals surface area contributed by atoms with E-state index in [1.165, 1.54) is 0 Å². The molecule has 6 nitrogen and oxygen atoms in total. The Morgan fingerprint density at radius 2 is 2.00 bits per heavy atom. The van der Waals surface area contributed by atoms with Crippen molar-refractivity contribution < 1.29 is 9.53 Å². The van der Waals surface area contributed by atoms with Gasteiger partial charge in [0.15, 0.2) is 5.78 Å². The van der Waals surface area contributed by atoms with E-state index in [0.29, 0.717) is 13.0 Å². The normalized spacial score (nSPS) is 13.9. The number of hydrogen-bond acceptors (Lipinski definition) is 5. The van der Waals surface area contributed by atoms with Gasteiger partial charge in [-0.2, -0.15) is 0 Å². The zero-order chi connectivity index (χ0) is 19.5. The van der Waals surface area contributed by atoms with Crippen LogP contribution in [0.3, 0.4) is 0 Å². The summed E-state index contributed by atoms with van der Waals surface area (Å²) in [5, 5.41) is 12.0. The van der Waals surface area contributed by atoms with Crippen LogP contribution >= 0.6 is 0 Å². The molecule has 1 aromatic heterocycles. The van der Waals surface area contributed by atoms with Gasteiger partial charge in [-0.15, -0.1) is 5.10 Å². The number of benzene rings is 2. The second-order valence-corrected chi connectivity index (χ2v) is 6.85. The molecule has 0 amide bonds. The van der Waals surface area contributed by atoms with Crippen LogP contribution < -0.4 is 10.1 Å². The Bertz CT molecular complexity index is 1050. The number of hydrogen-bond donors (Lipinski definition) is 1. The Morgan fingerprint density at radius 3 is 2.79 bits per heavy atom. The lowest BCUT2D eigenvalue weighted by atomic mass is 10.1. The lowest BCUT2D eigenvalue weighted by Crippen LogP contribution is -2.02. The third-order valence-corrected chi connectivity index (χ3v) is 4.99. The lowest BCUT2D eigenvalue weighted by Gasteiger charge is -2.09. The van der Waals surface area contributed by atoms with Gasteiger partial charge in [-0.25, -0.2) is 4.68 Å². The van der Waals surface area contributed by atoms with Gasteiger partial charge >= 0.3 is 0 Å². The number of Topliss-reactive ketones (excluding diaryl/α,β-unsaturated/α-hetero) is 1. The van der Waals surface area contributed by atoms with Crippen molar-refractivity contribution in [3.05, 3.63) is 71.6 Å². The van der Waals surface area contributed by atoms with Gasteiger partial charge < -0.3 is 10.1 Å². The molecule has 0 aliphatic heterocycles. The number of anilines is 1. The number of methoxy groups -OCH3 is 1. The van der Waals surface area contributed by atoms with Crippen molar-refractivity contribution >= 4 is 11.5 Å². The summed E-state index contributed by atoms with van der Waals surface area (Å²) < 4.78 is 7.21. The van der Waals surface area contributed by atoms with Crippen LogP contribution in [-0.4, -0.2) is 27.9 Å². The van der Waals surface area contributed by atoms with Crippen LogP contribution in [0.4, 0.5) is 5.69 Å². The Kier molecular flexibility index (Phi) is 4.93. The van der Waals surface area contributed by atoms with Crippen molar-refractivity contribution in [2.75, 3.05) is 12.4 Å². The maximum absolute atomic E-state index is 11.7. The summed E-state index contributed by atoms with van der Waals surface area (Å²) >= 11 is 0. The molecule has 142 valence electrons. The number of ketones is 1. The van der Waals surface area contributed by atoms with Crippen LogP contribution in [0.25, 0.3) is 11.3 Å². The molecule has 1 aliphatic rings. The Hall–Kier alpha value is -3.41. The van der Waals surface area contributed by atoms with E-state index >= 15 is 0 Å². The highest BCUT2D eigenvalue weighted by atomic mass is 16.5. The predicted octanol–water partition coefficient (Wildman–Crippen LogP) is 4.05. The van der Waals surface area contributed by atoms with Gasteiger partial charge in [0.2, 0.25) is 0 Å². The summed E-state index contributed by atoms with van der Waals surface area (Å²) in [6.45, 7) is 2.47. The molecule has 28 heavy (non-hydrogen) atoms. The molecule has 0 spiro atoms. The lowest BCUT2D eigenvalue weighted by molar-refractivity contribution is -0.114. The first-order valence-corrected chi connectivity index (χ1v) is 9.26. The van der Waals surface area contributed by atoms with Gasteiger partial charge in [0.25, 0.3) is 0 Å². The summed E-state index contributed by atoms with van der Waals surface area (Å²) in [4.78, 5) is 11.7. The molecule has 0 saturated heterocycles. The molecule has 0 unspecified atom stereocenters. The molecular weight excluding hydrogens is 352 g/mol. The van der Waals surface area contributed by atoms with Gasteiger partial charge in [0, 0.05) is 34.5 Å². The number of allylic oxidation sites excluding steroid dienone is 2. The second-order valence-electron chi connectivity index (χ2n) is 6.85. The Labute approximate surface area is 163 Å². The molecule has 3 aromatic rings. The van der Waals surface area contributed by atoms with E-state index in [1.807, 2.05) is 61.7 Å². The van der Waals surface area contributed by atoms with Crippen molar-refractivity contribution in [2.24, 2.45) is 0 Å². The summed E-state index contributed by atoms with van der Waals surface area (Å²) in [6.07, 6.45) is 3.28. The molecule has 0 saturated carbocycles. The van der Waals surface area contributed by atoms with Crippen LogP contribution in [0.1, 0.15) is 25.3 Å². The first-order chi connectivity index (χ1) is 13.6. The number of carbonyl (C=O) groups is 1. The number of carbonyl (C=O) groups excluding carboxylic acids is 1. The van der Waals surface area contributed by atoms with E-state index < -0.39 is 0 Å². The Balaban J connectivity index is 1.53. The SMILES string of the molecule is COc1ccccc1Cn1cc(-c2cccc(NC3=C(C)C(=O)CC3)c2)nn1. The van der Waals surface area contributed by atoms with E-state index in [1.54, 1.807) is 11.8 Å². The van der Waals surface area contributed by atoms with Crippen molar-refractivity contribution in [2.45, 2.75) is 26.3 Å². The highest BCUT2D eigenvalue weighted by Gasteiger charge is 2.19. The average molecular weight is 374 g/mol. The van der Waals surface area contributed by atoms with Crippen molar-refractivity contribution in [3.8, 4) is 17.0 Å². The van der Waals surface area contributed by atoms with Crippen LogP contribution in [0.2, 0.25) is 0 Å². The van der Waals surface area contributed by atoms with Crippen LogP contribution in [0, 0.1) is 0 Å². The zero-order valence-electron chi connectivity index (χ0n) is 16.0. The minimum Gasteiger partial charge on any atom is -0.496 e. The number of nitrogens with one attached hydrogen (secondary N) is 1. The second kappa shape index (κ2) is 7.68. The van der Waals surface area contributed by atoms with Crippen molar-refractivity contribution in [1.82, 2.24) is 15.0 Å². The van der Waals surface area contributed by atoms with Crippen LogP contribution in [0.15, 0.2) is 66.0 Å². The molecule has 6 heteroatoms. The summed E-state index contributed by atoms with van der Waals surface area (Å²) in [6, 6.07) is 15.9. The third kappa shape index (κ3) is 3.67. The quantitative estimate of drug-likeness (QED) is 0.705. The first-order valence-electron chi connectivity index (χ1n) is 9.26. The number of para-hydroxylation sites is 1. The van der Waals surface area contributed by atoms with Gasteiger partial charge in [-0.3, -0.25) is 4.79 Å².